The number of hydrogen-bond donors (Lipinski definition) is 1. The molecule has 84 valence electrons. The Morgan fingerprint density at radius 3 is 2.31 bits per heavy atom. The normalized spacial score (nSPS) is 13.7. The van der Waals surface area contributed by atoms with Gasteiger partial charge < -0.3 is 9.52 Å². The van der Waals surface area contributed by atoms with E-state index in [1.165, 1.54) is 0 Å². The molecule has 0 saturated carbocycles. The average molecular weight is 216 g/mol. The van der Waals surface area contributed by atoms with Crippen LogP contribution in [0.4, 0.5) is 0 Å². The first kappa shape index (κ1) is 11.0. The van der Waals surface area contributed by atoms with Gasteiger partial charge in [-0.25, -0.2) is 0 Å². The number of aliphatic hydroxyl groups excluding tert-OH is 1. The molecule has 2 heteroatoms. The van der Waals surface area contributed by atoms with Crippen LogP contribution in [0.15, 0.2) is 53.1 Å². The van der Waals surface area contributed by atoms with Crippen LogP contribution in [-0.2, 0) is 5.41 Å². The minimum absolute atomic E-state index is 0.362. The Kier molecular flexibility index (Phi) is 2.84. The van der Waals surface area contributed by atoms with Gasteiger partial charge in [-0.2, -0.15) is 0 Å². The molecule has 0 fully saturated rings. The van der Waals surface area contributed by atoms with Gasteiger partial charge in [-0.05, 0) is 17.7 Å². The fourth-order valence-electron chi connectivity index (χ4n) is 1.83. The maximum Gasteiger partial charge on any atom is 0.133 e. The van der Waals surface area contributed by atoms with Crippen molar-refractivity contribution < 1.29 is 9.52 Å². The first-order valence-electron chi connectivity index (χ1n) is 5.39. The second kappa shape index (κ2) is 4.14. The van der Waals surface area contributed by atoms with Crippen molar-refractivity contribution >= 4 is 0 Å². The van der Waals surface area contributed by atoms with E-state index in [2.05, 4.69) is 0 Å². The van der Waals surface area contributed by atoms with Crippen molar-refractivity contribution in [3.05, 3.63) is 60.1 Å². The SMILES string of the molecule is CC(C)(c1ccccc1)C(O)c1ccco1. The molecule has 1 aromatic carbocycles. The molecule has 0 radical (unpaired) electrons. The van der Waals surface area contributed by atoms with Crippen molar-refractivity contribution in [1.82, 2.24) is 0 Å². The summed E-state index contributed by atoms with van der Waals surface area (Å²) in [5.41, 5.74) is 0.734. The molecule has 0 bridgehead atoms. The zero-order valence-corrected chi connectivity index (χ0v) is 9.55. The highest BCUT2D eigenvalue weighted by molar-refractivity contribution is 5.27. The van der Waals surface area contributed by atoms with Crippen molar-refractivity contribution in [2.45, 2.75) is 25.4 Å². The minimum Gasteiger partial charge on any atom is -0.467 e. The van der Waals surface area contributed by atoms with E-state index in [1.807, 2.05) is 44.2 Å². The molecular formula is C14H16O2. The number of rotatable bonds is 3. The molecule has 16 heavy (non-hydrogen) atoms. The molecule has 2 aromatic rings. The van der Waals surface area contributed by atoms with Crippen LogP contribution in [0.25, 0.3) is 0 Å². The van der Waals surface area contributed by atoms with Crippen molar-refractivity contribution in [3.8, 4) is 0 Å². The summed E-state index contributed by atoms with van der Waals surface area (Å²) in [5, 5.41) is 10.3. The molecule has 0 amide bonds. The molecule has 0 saturated heterocycles. The first-order valence-corrected chi connectivity index (χ1v) is 5.39. The van der Waals surface area contributed by atoms with Gasteiger partial charge in [-0.3, -0.25) is 0 Å². The summed E-state index contributed by atoms with van der Waals surface area (Å²) in [5.74, 6) is 0.605. The maximum atomic E-state index is 10.3. The molecule has 1 N–H and O–H groups in total. The Bertz CT molecular complexity index is 429. The summed E-state index contributed by atoms with van der Waals surface area (Å²) in [7, 11) is 0. The van der Waals surface area contributed by atoms with Crippen LogP contribution >= 0.6 is 0 Å². The largest absolute Gasteiger partial charge is 0.467 e. The molecule has 2 rings (SSSR count). The Morgan fingerprint density at radius 2 is 1.75 bits per heavy atom. The quantitative estimate of drug-likeness (QED) is 0.854. The Labute approximate surface area is 95.5 Å². The lowest BCUT2D eigenvalue weighted by atomic mass is 9.78. The van der Waals surface area contributed by atoms with E-state index in [9.17, 15) is 5.11 Å². The average Bonchev–Trinajstić information content (AvgIpc) is 2.82. The number of hydrogen-bond acceptors (Lipinski definition) is 2. The molecule has 1 unspecified atom stereocenters. The summed E-state index contributed by atoms with van der Waals surface area (Å²) in [6, 6.07) is 13.6. The van der Waals surface area contributed by atoms with Crippen LogP contribution in [0.1, 0.15) is 31.3 Å². The number of benzene rings is 1. The summed E-state index contributed by atoms with van der Waals surface area (Å²) < 4.78 is 5.25. The van der Waals surface area contributed by atoms with Crippen molar-refractivity contribution in [1.29, 1.82) is 0 Å². The fourth-order valence-corrected chi connectivity index (χ4v) is 1.83. The first-order chi connectivity index (χ1) is 7.62. The number of aliphatic hydroxyl groups is 1. The van der Waals surface area contributed by atoms with E-state index in [4.69, 9.17) is 4.42 Å². The minimum atomic E-state index is -0.634. The summed E-state index contributed by atoms with van der Waals surface area (Å²) in [6.45, 7) is 4.02. The summed E-state index contributed by atoms with van der Waals surface area (Å²) in [6.07, 6.45) is 0.949. The molecule has 0 spiro atoms. The Hall–Kier alpha value is -1.54. The highest BCUT2D eigenvalue weighted by Gasteiger charge is 2.32. The standard InChI is InChI=1S/C14H16O2/c1-14(2,11-7-4-3-5-8-11)13(15)12-9-6-10-16-12/h3-10,13,15H,1-2H3. The lowest BCUT2D eigenvalue weighted by Gasteiger charge is -2.29. The molecule has 1 aromatic heterocycles. The smallest absolute Gasteiger partial charge is 0.133 e. The van der Waals surface area contributed by atoms with E-state index < -0.39 is 6.10 Å². The van der Waals surface area contributed by atoms with Crippen LogP contribution in [0.5, 0.6) is 0 Å². The molecule has 0 aliphatic rings. The second-order valence-electron chi connectivity index (χ2n) is 4.51. The third kappa shape index (κ3) is 1.89. The van der Waals surface area contributed by atoms with E-state index in [0.717, 1.165) is 5.56 Å². The van der Waals surface area contributed by atoms with Gasteiger partial charge in [0.1, 0.15) is 11.9 Å². The zero-order valence-electron chi connectivity index (χ0n) is 9.55. The van der Waals surface area contributed by atoms with Crippen LogP contribution < -0.4 is 0 Å². The predicted octanol–water partition coefficient (Wildman–Crippen LogP) is 3.29. The molecule has 0 aliphatic carbocycles. The maximum absolute atomic E-state index is 10.3. The van der Waals surface area contributed by atoms with Crippen molar-refractivity contribution in [2.75, 3.05) is 0 Å². The monoisotopic (exact) mass is 216 g/mol. The molecular weight excluding hydrogens is 200 g/mol. The number of furan rings is 1. The van der Waals surface area contributed by atoms with Crippen molar-refractivity contribution in [2.24, 2.45) is 0 Å². The molecule has 1 atom stereocenters. The van der Waals surface area contributed by atoms with E-state index in [0.29, 0.717) is 5.76 Å². The second-order valence-corrected chi connectivity index (χ2v) is 4.51. The van der Waals surface area contributed by atoms with Gasteiger partial charge in [-0.15, -0.1) is 0 Å². The third-order valence-electron chi connectivity index (χ3n) is 3.01. The highest BCUT2D eigenvalue weighted by atomic mass is 16.4. The summed E-state index contributed by atoms with van der Waals surface area (Å²) in [4.78, 5) is 0. The van der Waals surface area contributed by atoms with Gasteiger partial charge in [0.05, 0.1) is 6.26 Å². The van der Waals surface area contributed by atoms with Crippen LogP contribution in [0.3, 0.4) is 0 Å². The van der Waals surface area contributed by atoms with E-state index in [-0.39, 0.29) is 5.41 Å². The Morgan fingerprint density at radius 1 is 1.06 bits per heavy atom. The highest BCUT2D eigenvalue weighted by Crippen LogP contribution is 2.36. The van der Waals surface area contributed by atoms with Gasteiger partial charge in [0.25, 0.3) is 0 Å². The fraction of sp³-hybridized carbons (Fsp3) is 0.286. The van der Waals surface area contributed by atoms with Gasteiger partial charge in [0.2, 0.25) is 0 Å². The van der Waals surface area contributed by atoms with E-state index >= 15 is 0 Å². The van der Waals surface area contributed by atoms with Crippen molar-refractivity contribution in [3.63, 3.8) is 0 Å². The third-order valence-corrected chi connectivity index (χ3v) is 3.01. The van der Waals surface area contributed by atoms with Gasteiger partial charge in [0, 0.05) is 5.41 Å². The molecule has 0 aliphatic heterocycles. The lowest BCUT2D eigenvalue weighted by molar-refractivity contribution is 0.0783. The predicted molar refractivity (Wildman–Crippen MR) is 63.1 cm³/mol. The molecule has 1 heterocycles. The van der Waals surface area contributed by atoms with E-state index in [1.54, 1.807) is 18.4 Å². The van der Waals surface area contributed by atoms with Crippen LogP contribution in [0, 0.1) is 0 Å². The summed E-state index contributed by atoms with van der Waals surface area (Å²) >= 11 is 0. The topological polar surface area (TPSA) is 33.4 Å². The zero-order chi connectivity index (χ0) is 11.6. The van der Waals surface area contributed by atoms with Gasteiger partial charge >= 0.3 is 0 Å². The van der Waals surface area contributed by atoms with Gasteiger partial charge in [-0.1, -0.05) is 44.2 Å². The van der Waals surface area contributed by atoms with Crippen LogP contribution in [0.2, 0.25) is 0 Å². The Balaban J connectivity index is 2.32. The van der Waals surface area contributed by atoms with Gasteiger partial charge in [0.15, 0.2) is 0 Å². The van der Waals surface area contributed by atoms with Crippen LogP contribution in [-0.4, -0.2) is 5.11 Å². The molecule has 2 nitrogen and oxygen atoms in total. The lowest BCUT2D eigenvalue weighted by Crippen LogP contribution is -2.26.